The number of halogens is 1. The van der Waals surface area contributed by atoms with Crippen molar-refractivity contribution in [2.24, 2.45) is 0 Å². The molecule has 0 atom stereocenters. The molecular formula is C26H29ClN6O4. The van der Waals surface area contributed by atoms with Crippen molar-refractivity contribution in [1.82, 2.24) is 25.1 Å². The van der Waals surface area contributed by atoms with E-state index in [9.17, 15) is 9.59 Å². The average Bonchev–Trinajstić information content (AvgIpc) is 3.42. The van der Waals surface area contributed by atoms with Crippen molar-refractivity contribution in [1.29, 1.82) is 0 Å². The van der Waals surface area contributed by atoms with Crippen LogP contribution in [0.3, 0.4) is 0 Å². The molecule has 1 aliphatic rings. The molecule has 3 aromatic rings. The Kier molecular flexibility index (Phi) is 8.42. The molecule has 0 bridgehead atoms. The van der Waals surface area contributed by atoms with Crippen LogP contribution in [0.1, 0.15) is 33.2 Å². The number of aromatic nitrogens is 2. The first-order chi connectivity index (χ1) is 17.9. The summed E-state index contributed by atoms with van der Waals surface area (Å²) in [6, 6.07) is 10.5. The number of carbonyl (C=O) groups is 2. The van der Waals surface area contributed by atoms with Gasteiger partial charge in [-0.3, -0.25) is 14.5 Å². The van der Waals surface area contributed by atoms with E-state index in [4.69, 9.17) is 21.1 Å². The first-order valence-corrected chi connectivity index (χ1v) is 12.2. The van der Waals surface area contributed by atoms with Gasteiger partial charge in [-0.2, -0.15) is 0 Å². The molecule has 11 heteroatoms. The number of hydrogen-bond donors (Lipinski definition) is 2. The number of benzene rings is 2. The molecule has 2 N–H and O–H groups in total. The van der Waals surface area contributed by atoms with Gasteiger partial charge in [0.15, 0.2) is 5.75 Å². The number of rotatable bonds is 9. The molecule has 37 heavy (non-hydrogen) atoms. The van der Waals surface area contributed by atoms with Gasteiger partial charge in [0.1, 0.15) is 12.4 Å². The average molecular weight is 525 g/mol. The van der Waals surface area contributed by atoms with E-state index >= 15 is 0 Å². The van der Waals surface area contributed by atoms with Crippen molar-refractivity contribution in [3.63, 3.8) is 0 Å². The van der Waals surface area contributed by atoms with Crippen molar-refractivity contribution in [3.05, 3.63) is 70.5 Å². The van der Waals surface area contributed by atoms with Crippen LogP contribution >= 0.6 is 11.6 Å². The van der Waals surface area contributed by atoms with Gasteiger partial charge in [-0.1, -0.05) is 18.5 Å². The molecule has 0 spiro atoms. The van der Waals surface area contributed by atoms with E-state index in [1.807, 2.05) is 17.0 Å². The topological polar surface area (TPSA) is 109 Å². The molecule has 4 rings (SSSR count). The summed E-state index contributed by atoms with van der Waals surface area (Å²) < 4.78 is 11.1. The number of nitrogens with one attached hydrogen (secondary N) is 2. The Labute approximate surface area is 220 Å². The highest BCUT2D eigenvalue weighted by Gasteiger charge is 2.23. The molecular weight excluding hydrogens is 496 g/mol. The highest BCUT2D eigenvalue weighted by molar-refractivity contribution is 6.33. The number of anilines is 2. The molecule has 0 unspecified atom stereocenters. The second-order valence-corrected chi connectivity index (χ2v) is 8.76. The lowest BCUT2D eigenvalue weighted by Crippen LogP contribution is -2.31. The molecule has 1 aromatic heterocycles. The predicted molar refractivity (Wildman–Crippen MR) is 141 cm³/mol. The summed E-state index contributed by atoms with van der Waals surface area (Å²) in [4.78, 5) is 37.4. The maximum Gasteiger partial charge on any atom is 0.254 e. The molecule has 2 amide bonds. The first-order valence-electron chi connectivity index (χ1n) is 11.8. The molecule has 1 fully saturated rings. The van der Waals surface area contributed by atoms with Crippen LogP contribution in [0.15, 0.2) is 48.8 Å². The Hall–Kier alpha value is -3.89. The van der Waals surface area contributed by atoms with Crippen LogP contribution in [-0.4, -0.2) is 72.0 Å². The summed E-state index contributed by atoms with van der Waals surface area (Å²) in [5.74, 6) is 0.961. The number of methoxy groups -OCH3 is 1. The normalized spacial score (nSPS) is 13.4. The van der Waals surface area contributed by atoms with Crippen LogP contribution < -0.4 is 20.1 Å². The fourth-order valence-corrected chi connectivity index (χ4v) is 4.12. The number of carbonyl (C=O) groups excluding carboxylic acids is 2. The van der Waals surface area contributed by atoms with Crippen LogP contribution in [0.25, 0.3) is 0 Å². The third-order valence-electron chi connectivity index (χ3n) is 6.03. The Morgan fingerprint density at radius 1 is 1.08 bits per heavy atom. The van der Waals surface area contributed by atoms with Crippen LogP contribution in [-0.2, 0) is 6.61 Å². The number of hydrogen-bond acceptors (Lipinski definition) is 8. The van der Waals surface area contributed by atoms with Gasteiger partial charge in [-0.25, -0.2) is 9.97 Å². The summed E-state index contributed by atoms with van der Waals surface area (Å²) in [5, 5.41) is 6.06. The lowest BCUT2D eigenvalue weighted by Gasteiger charge is -2.17. The predicted octanol–water partition coefficient (Wildman–Crippen LogP) is 3.56. The van der Waals surface area contributed by atoms with Gasteiger partial charge in [-0.15, -0.1) is 0 Å². The SMILES string of the molecule is CCN1CCN(C(=O)c2ccc(Nc3ncc(OCc4cc(C(=O)NC)cc(OC)c4Cl)cn3)cc2)C1. The van der Waals surface area contributed by atoms with E-state index in [1.54, 1.807) is 31.3 Å². The monoisotopic (exact) mass is 524 g/mol. The Morgan fingerprint density at radius 2 is 1.81 bits per heavy atom. The second kappa shape index (κ2) is 11.9. The third kappa shape index (κ3) is 6.28. The van der Waals surface area contributed by atoms with Crippen molar-refractivity contribution >= 4 is 35.1 Å². The van der Waals surface area contributed by atoms with Gasteiger partial charge < -0.3 is 25.0 Å². The Bertz CT molecular complexity index is 1250. The number of ether oxygens (including phenoxy) is 2. The first kappa shape index (κ1) is 26.2. The van der Waals surface area contributed by atoms with Crippen molar-refractivity contribution < 1.29 is 19.1 Å². The van der Waals surface area contributed by atoms with E-state index in [1.165, 1.54) is 19.5 Å². The molecule has 0 aliphatic carbocycles. The zero-order chi connectivity index (χ0) is 26.4. The maximum atomic E-state index is 12.7. The van der Waals surface area contributed by atoms with Gasteiger partial charge in [-0.05, 0) is 42.9 Å². The lowest BCUT2D eigenvalue weighted by molar-refractivity contribution is 0.0767. The van der Waals surface area contributed by atoms with E-state index in [-0.39, 0.29) is 18.4 Å². The standard InChI is InChI=1S/C26H29ClN6O4/c1-4-32-9-10-33(16-32)25(35)17-5-7-20(8-6-17)31-26-29-13-21(14-30-26)37-15-19-11-18(24(34)28-2)12-22(36-3)23(19)27/h5-8,11-14H,4,9-10,15-16H2,1-3H3,(H,28,34)(H,29,30,31). The molecule has 10 nitrogen and oxygen atoms in total. The zero-order valence-electron chi connectivity index (χ0n) is 21.0. The van der Waals surface area contributed by atoms with Gasteiger partial charge in [0.25, 0.3) is 11.8 Å². The summed E-state index contributed by atoms with van der Waals surface area (Å²) in [6.45, 7) is 5.44. The van der Waals surface area contributed by atoms with Crippen LogP contribution in [0.2, 0.25) is 5.02 Å². The molecule has 2 heterocycles. The molecule has 1 aliphatic heterocycles. The maximum absolute atomic E-state index is 12.7. The summed E-state index contributed by atoms with van der Waals surface area (Å²) in [5.41, 5.74) is 2.40. The molecule has 1 saturated heterocycles. The molecule has 194 valence electrons. The number of amides is 2. The Balaban J connectivity index is 1.35. The minimum Gasteiger partial charge on any atom is -0.495 e. The van der Waals surface area contributed by atoms with Crippen LogP contribution in [0, 0.1) is 0 Å². The van der Waals surface area contributed by atoms with Crippen molar-refractivity contribution in [3.8, 4) is 11.5 Å². The lowest BCUT2D eigenvalue weighted by atomic mass is 10.1. The third-order valence-corrected chi connectivity index (χ3v) is 6.45. The molecule has 0 saturated carbocycles. The molecule has 0 radical (unpaired) electrons. The van der Waals surface area contributed by atoms with Crippen molar-refractivity contribution in [2.45, 2.75) is 13.5 Å². The van der Waals surface area contributed by atoms with Gasteiger partial charge in [0.05, 0.1) is 31.2 Å². The number of nitrogens with zero attached hydrogens (tertiary/aromatic N) is 4. The zero-order valence-corrected chi connectivity index (χ0v) is 21.7. The van der Waals surface area contributed by atoms with Crippen molar-refractivity contribution in [2.75, 3.05) is 45.8 Å². The van der Waals surface area contributed by atoms with Crippen LogP contribution in [0.4, 0.5) is 11.6 Å². The van der Waals surface area contributed by atoms with Gasteiger partial charge in [0, 0.05) is 42.5 Å². The van der Waals surface area contributed by atoms with E-state index in [0.717, 1.165) is 25.3 Å². The van der Waals surface area contributed by atoms with E-state index in [2.05, 4.69) is 32.4 Å². The quantitative estimate of drug-likeness (QED) is 0.437. The fourth-order valence-electron chi connectivity index (χ4n) is 3.88. The van der Waals surface area contributed by atoms with Crippen LogP contribution in [0.5, 0.6) is 11.5 Å². The van der Waals surface area contributed by atoms with Gasteiger partial charge >= 0.3 is 0 Å². The largest absolute Gasteiger partial charge is 0.495 e. The summed E-state index contributed by atoms with van der Waals surface area (Å²) in [7, 11) is 3.03. The van der Waals surface area contributed by atoms with E-state index in [0.29, 0.717) is 45.8 Å². The second-order valence-electron chi connectivity index (χ2n) is 8.38. The summed E-state index contributed by atoms with van der Waals surface area (Å²) in [6.07, 6.45) is 3.07. The smallest absolute Gasteiger partial charge is 0.254 e. The minimum absolute atomic E-state index is 0.0267. The summed E-state index contributed by atoms with van der Waals surface area (Å²) >= 11 is 6.39. The van der Waals surface area contributed by atoms with Gasteiger partial charge in [0.2, 0.25) is 5.95 Å². The number of likely N-dealkylation sites (N-methyl/N-ethyl adjacent to an activating group) is 1. The van der Waals surface area contributed by atoms with E-state index < -0.39 is 0 Å². The fraction of sp³-hybridized carbons (Fsp3) is 0.308. The Morgan fingerprint density at radius 3 is 2.43 bits per heavy atom. The highest BCUT2D eigenvalue weighted by atomic mass is 35.5. The minimum atomic E-state index is -0.258. The highest BCUT2D eigenvalue weighted by Crippen LogP contribution is 2.31. The molecule has 2 aromatic carbocycles.